The highest BCUT2D eigenvalue weighted by Crippen LogP contribution is 2.25. The molecule has 1 aliphatic heterocycles. The van der Waals surface area contributed by atoms with E-state index in [4.69, 9.17) is 14.2 Å². The maximum Gasteiger partial charge on any atom is 0.344 e. The molecule has 7 nitrogen and oxygen atoms in total. The van der Waals surface area contributed by atoms with Crippen molar-refractivity contribution >= 4 is 23.3 Å². The number of amides is 1. The van der Waals surface area contributed by atoms with E-state index in [9.17, 15) is 9.59 Å². The van der Waals surface area contributed by atoms with Crippen molar-refractivity contribution in [2.24, 2.45) is 0 Å². The second-order valence-corrected chi connectivity index (χ2v) is 7.75. The van der Waals surface area contributed by atoms with E-state index in [-0.39, 0.29) is 12.5 Å². The second-order valence-electron chi connectivity index (χ2n) is 7.75. The molecule has 0 saturated carbocycles. The number of carbonyl (C=O) groups excluding carboxylic acids is 2. The highest BCUT2D eigenvalue weighted by Gasteiger charge is 2.19. The van der Waals surface area contributed by atoms with Gasteiger partial charge >= 0.3 is 5.97 Å². The van der Waals surface area contributed by atoms with Gasteiger partial charge in [-0.1, -0.05) is 32.0 Å². The smallest absolute Gasteiger partial charge is 0.344 e. The Kier molecular flexibility index (Phi) is 7.89. The number of nitrogens with zero attached hydrogens (tertiary/aromatic N) is 1. The highest BCUT2D eigenvalue weighted by atomic mass is 16.6. The predicted molar refractivity (Wildman–Crippen MR) is 120 cm³/mol. The Morgan fingerprint density at radius 2 is 1.71 bits per heavy atom. The number of esters is 1. The summed E-state index contributed by atoms with van der Waals surface area (Å²) in [4.78, 5) is 26.8. The molecule has 166 valence electrons. The van der Waals surface area contributed by atoms with Crippen LogP contribution in [0.5, 0.6) is 5.75 Å². The van der Waals surface area contributed by atoms with Crippen molar-refractivity contribution in [2.45, 2.75) is 32.8 Å². The molecule has 1 N–H and O–H groups in total. The van der Waals surface area contributed by atoms with Gasteiger partial charge in [-0.25, -0.2) is 4.79 Å². The van der Waals surface area contributed by atoms with E-state index in [0.29, 0.717) is 24.7 Å². The molecule has 1 amide bonds. The number of para-hydroxylation sites is 1. The van der Waals surface area contributed by atoms with Crippen LogP contribution in [0.1, 0.15) is 32.3 Å². The van der Waals surface area contributed by atoms with E-state index in [2.05, 4.69) is 24.1 Å². The van der Waals surface area contributed by atoms with Crippen LogP contribution in [0.15, 0.2) is 48.5 Å². The van der Waals surface area contributed by atoms with E-state index in [0.717, 1.165) is 24.3 Å². The Labute approximate surface area is 183 Å². The van der Waals surface area contributed by atoms with E-state index < -0.39 is 18.0 Å². The molecule has 0 bridgehead atoms. The van der Waals surface area contributed by atoms with Crippen molar-refractivity contribution in [3.63, 3.8) is 0 Å². The predicted octanol–water partition coefficient (Wildman–Crippen LogP) is 3.60. The molecule has 1 aliphatic rings. The van der Waals surface area contributed by atoms with Gasteiger partial charge in [-0.2, -0.15) is 0 Å². The van der Waals surface area contributed by atoms with E-state index in [1.807, 2.05) is 48.5 Å². The summed E-state index contributed by atoms with van der Waals surface area (Å²) < 4.78 is 16.2. The van der Waals surface area contributed by atoms with Crippen molar-refractivity contribution < 1.29 is 23.8 Å². The number of morpholine rings is 1. The zero-order chi connectivity index (χ0) is 22.2. The summed E-state index contributed by atoms with van der Waals surface area (Å²) in [5.41, 5.74) is 2.74. The Hall–Kier alpha value is -3.06. The Morgan fingerprint density at radius 3 is 2.39 bits per heavy atom. The molecule has 3 rings (SSSR count). The van der Waals surface area contributed by atoms with Crippen LogP contribution < -0.4 is 15.0 Å². The van der Waals surface area contributed by atoms with E-state index in [1.165, 1.54) is 6.92 Å². The third-order valence-electron chi connectivity index (χ3n) is 5.08. The van der Waals surface area contributed by atoms with E-state index >= 15 is 0 Å². The highest BCUT2D eigenvalue weighted by molar-refractivity contribution is 5.95. The lowest BCUT2D eigenvalue weighted by atomic mass is 10.0. The number of hydrogen-bond donors (Lipinski definition) is 1. The molecular formula is C24H30N2O5. The second kappa shape index (κ2) is 10.8. The summed E-state index contributed by atoms with van der Waals surface area (Å²) in [6, 6.07) is 15.2. The van der Waals surface area contributed by atoms with Crippen LogP contribution in [-0.4, -0.2) is 50.9 Å². The molecule has 1 saturated heterocycles. The van der Waals surface area contributed by atoms with Crippen molar-refractivity contribution in [3.8, 4) is 5.75 Å². The lowest BCUT2D eigenvalue weighted by Crippen LogP contribution is -2.36. The molecule has 0 unspecified atom stereocenters. The van der Waals surface area contributed by atoms with Crippen LogP contribution in [-0.2, 0) is 19.1 Å². The molecule has 1 fully saturated rings. The van der Waals surface area contributed by atoms with Gasteiger partial charge < -0.3 is 24.4 Å². The molecule has 2 aromatic carbocycles. The van der Waals surface area contributed by atoms with Gasteiger partial charge in [0.25, 0.3) is 5.91 Å². The lowest BCUT2D eigenvalue weighted by molar-refractivity contribution is -0.155. The molecule has 2 aromatic rings. The Morgan fingerprint density at radius 1 is 1.03 bits per heavy atom. The molecule has 1 atom stereocenters. The first-order valence-electron chi connectivity index (χ1n) is 10.6. The number of anilines is 2. The van der Waals surface area contributed by atoms with Crippen LogP contribution >= 0.6 is 0 Å². The van der Waals surface area contributed by atoms with Gasteiger partial charge in [-0.3, -0.25) is 4.79 Å². The SMILES string of the molecule is CC(C)c1ccccc1OCC(=O)O[C@H](C)C(=O)Nc1ccc(N2CCOCC2)cc1. The minimum atomic E-state index is -0.935. The minimum Gasteiger partial charge on any atom is -0.482 e. The average molecular weight is 427 g/mol. The summed E-state index contributed by atoms with van der Waals surface area (Å²) in [6.45, 7) is 8.53. The fraction of sp³-hybridized carbons (Fsp3) is 0.417. The van der Waals surface area contributed by atoms with Crippen molar-refractivity contribution in [3.05, 3.63) is 54.1 Å². The van der Waals surface area contributed by atoms with E-state index in [1.54, 1.807) is 0 Å². The van der Waals surface area contributed by atoms with Crippen molar-refractivity contribution in [1.82, 2.24) is 0 Å². The van der Waals surface area contributed by atoms with Gasteiger partial charge in [-0.15, -0.1) is 0 Å². The summed E-state index contributed by atoms with van der Waals surface area (Å²) in [7, 11) is 0. The molecule has 0 aromatic heterocycles. The molecule has 1 heterocycles. The minimum absolute atomic E-state index is 0.254. The Bertz CT molecular complexity index is 876. The van der Waals surface area contributed by atoms with Gasteiger partial charge in [0.1, 0.15) is 5.75 Å². The van der Waals surface area contributed by atoms with Crippen LogP contribution in [0.2, 0.25) is 0 Å². The standard InChI is InChI=1S/C24H30N2O5/c1-17(2)21-6-4-5-7-22(21)30-16-23(27)31-18(3)24(28)25-19-8-10-20(11-9-19)26-12-14-29-15-13-26/h4-11,17-18H,12-16H2,1-3H3,(H,25,28)/t18-/m1/s1. The number of carbonyl (C=O) groups is 2. The quantitative estimate of drug-likeness (QED) is 0.650. The monoisotopic (exact) mass is 426 g/mol. The van der Waals surface area contributed by atoms with Crippen LogP contribution in [0.4, 0.5) is 11.4 Å². The van der Waals surface area contributed by atoms with Gasteiger partial charge in [0.2, 0.25) is 0 Å². The number of benzene rings is 2. The number of nitrogens with one attached hydrogen (secondary N) is 1. The van der Waals surface area contributed by atoms with Gasteiger partial charge in [0, 0.05) is 24.5 Å². The van der Waals surface area contributed by atoms with Crippen molar-refractivity contribution in [2.75, 3.05) is 43.1 Å². The average Bonchev–Trinajstić information content (AvgIpc) is 2.79. The van der Waals surface area contributed by atoms with Crippen LogP contribution in [0.3, 0.4) is 0 Å². The molecule has 0 radical (unpaired) electrons. The maximum atomic E-state index is 12.4. The summed E-state index contributed by atoms with van der Waals surface area (Å²) in [6.07, 6.45) is -0.935. The topological polar surface area (TPSA) is 77.1 Å². The van der Waals surface area contributed by atoms with Gasteiger partial charge in [0.15, 0.2) is 12.7 Å². The molecule has 0 spiro atoms. The molecular weight excluding hydrogens is 396 g/mol. The van der Waals surface area contributed by atoms with Crippen molar-refractivity contribution in [1.29, 1.82) is 0 Å². The summed E-state index contributed by atoms with van der Waals surface area (Å²) in [5, 5.41) is 2.77. The fourth-order valence-electron chi connectivity index (χ4n) is 3.33. The normalized spacial score (nSPS) is 14.8. The van der Waals surface area contributed by atoms with Gasteiger partial charge in [-0.05, 0) is 48.7 Å². The maximum absolute atomic E-state index is 12.4. The lowest BCUT2D eigenvalue weighted by Gasteiger charge is -2.28. The number of ether oxygens (including phenoxy) is 3. The zero-order valence-corrected chi connectivity index (χ0v) is 18.3. The fourth-order valence-corrected chi connectivity index (χ4v) is 3.33. The van der Waals surface area contributed by atoms with Crippen LogP contribution in [0, 0.1) is 0 Å². The zero-order valence-electron chi connectivity index (χ0n) is 18.3. The summed E-state index contributed by atoms with van der Waals surface area (Å²) >= 11 is 0. The molecule has 7 heteroatoms. The third kappa shape index (κ3) is 6.46. The molecule has 0 aliphatic carbocycles. The Balaban J connectivity index is 1.47. The molecule has 31 heavy (non-hydrogen) atoms. The largest absolute Gasteiger partial charge is 0.482 e. The third-order valence-corrected chi connectivity index (χ3v) is 5.08. The first kappa shape index (κ1) is 22.6. The summed E-state index contributed by atoms with van der Waals surface area (Å²) in [5.74, 6) is -0.0719. The number of hydrogen-bond acceptors (Lipinski definition) is 6. The van der Waals surface area contributed by atoms with Crippen LogP contribution in [0.25, 0.3) is 0 Å². The van der Waals surface area contributed by atoms with Gasteiger partial charge in [0.05, 0.1) is 13.2 Å². The number of rotatable bonds is 8. The first-order valence-corrected chi connectivity index (χ1v) is 10.6. The first-order chi connectivity index (χ1) is 14.9.